The van der Waals surface area contributed by atoms with Crippen LogP contribution in [0.25, 0.3) is 11.0 Å². The number of phosphoric acid groups is 1. The summed E-state index contributed by atoms with van der Waals surface area (Å²) in [5, 5.41) is 20.5. The zero-order chi connectivity index (χ0) is 19.2. The van der Waals surface area contributed by atoms with Crippen molar-refractivity contribution in [1.29, 1.82) is 0 Å². The molecule has 0 unspecified atom stereocenters. The number of nitrogens with two attached hydrogens (primary N) is 2. The number of nitrogen functional groups attached to an aromatic ring is 1. The third-order valence-corrected chi connectivity index (χ3v) is 4.50. The van der Waals surface area contributed by atoms with Crippen molar-refractivity contribution in [2.45, 2.75) is 31.1 Å². The molecule has 1 saturated heterocycles. The summed E-state index contributed by atoms with van der Waals surface area (Å²) in [6.07, 6.45) is -3.97. The van der Waals surface area contributed by atoms with E-state index in [1.807, 2.05) is 0 Å². The lowest BCUT2D eigenvalue weighted by molar-refractivity contribution is -0.0501. The smallest absolute Gasteiger partial charge is 0.387 e. The van der Waals surface area contributed by atoms with E-state index in [0.29, 0.717) is 5.56 Å². The van der Waals surface area contributed by atoms with Crippen LogP contribution in [0, 0.1) is 0 Å². The van der Waals surface area contributed by atoms with E-state index in [4.69, 9.17) is 26.0 Å². The zero-order valence-electron chi connectivity index (χ0n) is 13.2. The molecule has 144 valence electrons. The Morgan fingerprint density at radius 2 is 2.08 bits per heavy atom. The number of aliphatic hydroxyl groups excluding tert-OH is 2. The lowest BCUT2D eigenvalue weighted by atomic mass is 10.1. The van der Waals surface area contributed by atoms with Gasteiger partial charge < -0.3 is 40.8 Å². The van der Waals surface area contributed by atoms with Crippen LogP contribution in [0.3, 0.4) is 0 Å². The Morgan fingerprint density at radius 3 is 2.69 bits per heavy atom. The first-order chi connectivity index (χ1) is 12.1. The van der Waals surface area contributed by atoms with Gasteiger partial charge in [0.15, 0.2) is 11.9 Å². The van der Waals surface area contributed by atoms with E-state index in [1.165, 1.54) is 10.8 Å². The fourth-order valence-corrected chi connectivity index (χ4v) is 3.21. The van der Waals surface area contributed by atoms with E-state index < -0.39 is 44.5 Å². The molecule has 3 heterocycles. The predicted molar refractivity (Wildman–Crippen MR) is 86.6 cm³/mol. The van der Waals surface area contributed by atoms with Gasteiger partial charge in [-0.05, 0) is 5.56 Å². The van der Waals surface area contributed by atoms with E-state index in [-0.39, 0.29) is 23.5 Å². The number of hydrogen-bond donors (Lipinski definition) is 7. The molecule has 2 aromatic rings. The lowest BCUT2D eigenvalue weighted by Gasteiger charge is -2.17. The molecule has 1 fully saturated rings. The highest BCUT2D eigenvalue weighted by Crippen LogP contribution is 2.39. The molecule has 13 nitrogen and oxygen atoms in total. The number of aromatic amines is 1. The highest BCUT2D eigenvalue weighted by molar-refractivity contribution is 7.46. The Kier molecular flexibility index (Phi) is 4.90. The topological polar surface area (TPSA) is 219 Å². The number of aromatic nitrogens is 3. The highest BCUT2D eigenvalue weighted by atomic mass is 31.2. The molecule has 0 aromatic carbocycles. The van der Waals surface area contributed by atoms with Gasteiger partial charge in [-0.3, -0.25) is 14.3 Å². The Balaban J connectivity index is 1.99. The van der Waals surface area contributed by atoms with Crippen LogP contribution in [0.1, 0.15) is 11.8 Å². The van der Waals surface area contributed by atoms with Crippen molar-refractivity contribution < 1.29 is 33.8 Å². The molecule has 0 bridgehead atoms. The molecule has 9 N–H and O–H groups in total. The van der Waals surface area contributed by atoms with Gasteiger partial charge in [-0.15, -0.1) is 0 Å². The van der Waals surface area contributed by atoms with Gasteiger partial charge in [0.05, 0.1) is 12.0 Å². The first-order valence-electron chi connectivity index (χ1n) is 7.43. The monoisotopic (exact) mass is 391 g/mol. The largest absolute Gasteiger partial charge is 0.469 e. The van der Waals surface area contributed by atoms with Gasteiger partial charge in [-0.1, -0.05) is 0 Å². The van der Waals surface area contributed by atoms with Crippen molar-refractivity contribution in [1.82, 2.24) is 14.5 Å². The highest BCUT2D eigenvalue weighted by Gasteiger charge is 2.45. The van der Waals surface area contributed by atoms with Crippen LogP contribution >= 0.6 is 7.82 Å². The van der Waals surface area contributed by atoms with Crippen LogP contribution in [0.4, 0.5) is 5.95 Å². The molecule has 0 saturated carbocycles. The predicted octanol–water partition coefficient (Wildman–Crippen LogP) is -2.51. The summed E-state index contributed by atoms with van der Waals surface area (Å²) in [5.74, 6) is -0.167. The fraction of sp³-hybridized carbons (Fsp3) is 0.500. The third kappa shape index (κ3) is 3.39. The molecule has 3 rings (SSSR count). The number of phosphoric ester groups is 1. The van der Waals surface area contributed by atoms with Gasteiger partial charge in [0.1, 0.15) is 18.3 Å². The SMILES string of the molecule is NCc1cn([C@@H]2O[C@H](COP(=O)(O)O)[C@@H](O)[C@H]2O)c2nc(N)[nH]c(=O)c12. The van der Waals surface area contributed by atoms with Crippen LogP contribution in [0.5, 0.6) is 0 Å². The number of rotatable bonds is 5. The standard InChI is InChI=1S/C12H18N5O8P/c13-1-4-2-17(9-6(4)10(20)16-12(14)15-9)11-8(19)7(18)5(25-11)3-24-26(21,22)23/h2,5,7-8,11,18-19H,1,3,13H2,(H2,21,22,23)(H3,14,15,16,20)/t5-,7-,8-,11-/m1/s1. The van der Waals surface area contributed by atoms with E-state index in [9.17, 15) is 19.6 Å². The van der Waals surface area contributed by atoms with Gasteiger partial charge in [0.2, 0.25) is 5.95 Å². The molecular weight excluding hydrogens is 373 g/mol. The van der Waals surface area contributed by atoms with Crippen molar-refractivity contribution in [3.05, 3.63) is 22.1 Å². The number of anilines is 1. The van der Waals surface area contributed by atoms with Crippen LogP contribution in [0.2, 0.25) is 0 Å². The minimum absolute atomic E-state index is 0.00566. The third-order valence-electron chi connectivity index (χ3n) is 4.02. The quantitative estimate of drug-likeness (QED) is 0.264. The second-order valence-electron chi connectivity index (χ2n) is 5.75. The van der Waals surface area contributed by atoms with E-state index in [1.54, 1.807) is 0 Å². The molecule has 14 heteroatoms. The van der Waals surface area contributed by atoms with E-state index in [0.717, 1.165) is 0 Å². The number of nitrogens with one attached hydrogen (secondary N) is 1. The summed E-state index contributed by atoms with van der Waals surface area (Å²) in [7, 11) is -4.78. The Labute approximate surface area is 145 Å². The minimum atomic E-state index is -4.78. The molecule has 0 radical (unpaired) electrons. The molecule has 1 aliphatic rings. The summed E-state index contributed by atoms with van der Waals surface area (Å²) < 4.78 is 21.9. The second kappa shape index (κ2) is 6.72. The first kappa shape index (κ1) is 18.9. The number of H-pyrrole nitrogens is 1. The molecule has 0 amide bonds. The zero-order valence-corrected chi connectivity index (χ0v) is 14.1. The van der Waals surface area contributed by atoms with Crippen molar-refractivity contribution in [2.24, 2.45) is 5.73 Å². The summed E-state index contributed by atoms with van der Waals surface area (Å²) in [6.45, 7) is -0.660. The van der Waals surface area contributed by atoms with Crippen LogP contribution in [0.15, 0.2) is 11.0 Å². The van der Waals surface area contributed by atoms with Gasteiger partial charge in [0.25, 0.3) is 5.56 Å². The average Bonchev–Trinajstić information content (AvgIpc) is 3.04. The number of aliphatic hydroxyl groups is 2. The lowest BCUT2D eigenvalue weighted by Crippen LogP contribution is -2.33. The number of fused-ring (bicyclic) bond motifs is 1. The van der Waals surface area contributed by atoms with Crippen molar-refractivity contribution in [3.8, 4) is 0 Å². The van der Waals surface area contributed by atoms with Crippen molar-refractivity contribution in [3.63, 3.8) is 0 Å². The first-order valence-corrected chi connectivity index (χ1v) is 8.96. The number of hydrogen-bond acceptors (Lipinski definition) is 9. The molecule has 4 atom stereocenters. The molecule has 2 aromatic heterocycles. The van der Waals surface area contributed by atoms with Gasteiger partial charge in [0, 0.05) is 12.7 Å². The maximum atomic E-state index is 12.1. The van der Waals surface area contributed by atoms with Crippen LogP contribution < -0.4 is 17.0 Å². The van der Waals surface area contributed by atoms with Gasteiger partial charge >= 0.3 is 7.82 Å². The Morgan fingerprint density at radius 1 is 1.38 bits per heavy atom. The summed E-state index contributed by atoms with van der Waals surface area (Å²) >= 11 is 0. The second-order valence-corrected chi connectivity index (χ2v) is 6.99. The summed E-state index contributed by atoms with van der Waals surface area (Å²) in [4.78, 5) is 36.0. The molecule has 0 spiro atoms. The van der Waals surface area contributed by atoms with E-state index in [2.05, 4.69) is 14.5 Å². The maximum absolute atomic E-state index is 12.1. The molecule has 1 aliphatic heterocycles. The Hall–Kier alpha value is -1.83. The normalized spacial score (nSPS) is 26.7. The summed E-state index contributed by atoms with van der Waals surface area (Å²) in [6, 6.07) is 0. The molecule has 26 heavy (non-hydrogen) atoms. The summed E-state index contributed by atoms with van der Waals surface area (Å²) in [5.41, 5.74) is 11.2. The van der Waals surface area contributed by atoms with Gasteiger partial charge in [-0.2, -0.15) is 4.98 Å². The van der Waals surface area contributed by atoms with E-state index >= 15 is 0 Å². The Bertz CT molecular complexity index is 922. The average molecular weight is 391 g/mol. The fourth-order valence-electron chi connectivity index (χ4n) is 2.86. The van der Waals surface area contributed by atoms with Crippen LogP contribution in [-0.4, -0.2) is 59.5 Å². The number of ether oxygens (including phenoxy) is 1. The molecular formula is C12H18N5O8P. The van der Waals surface area contributed by atoms with Crippen molar-refractivity contribution >= 4 is 24.8 Å². The van der Waals surface area contributed by atoms with Crippen LogP contribution in [-0.2, 0) is 20.4 Å². The van der Waals surface area contributed by atoms with Crippen molar-refractivity contribution in [2.75, 3.05) is 12.3 Å². The van der Waals surface area contributed by atoms with Gasteiger partial charge in [-0.25, -0.2) is 4.57 Å². The molecule has 0 aliphatic carbocycles. The number of nitrogens with zero attached hydrogens (tertiary/aromatic N) is 2. The maximum Gasteiger partial charge on any atom is 0.469 e. The minimum Gasteiger partial charge on any atom is -0.387 e.